The van der Waals surface area contributed by atoms with Crippen molar-refractivity contribution >= 4 is 5.69 Å². The summed E-state index contributed by atoms with van der Waals surface area (Å²) in [6, 6.07) is 15.9. The molecular weight excluding hydrogens is 276 g/mol. The van der Waals surface area contributed by atoms with E-state index in [1.54, 1.807) is 12.1 Å². The maximum Gasteiger partial charge on any atom is 0.273 e. The number of hydrogen-bond acceptors (Lipinski definition) is 3. The molecule has 114 valence electrons. The minimum Gasteiger partial charge on any atom is -0.295 e. The highest BCUT2D eigenvalue weighted by atomic mass is 16.6. The molecule has 2 aromatic rings. The minimum atomic E-state index is -0.294. The summed E-state index contributed by atoms with van der Waals surface area (Å²) in [4.78, 5) is 13.1. The lowest BCUT2D eigenvalue weighted by molar-refractivity contribution is -0.385. The molecule has 0 fully saturated rings. The van der Waals surface area contributed by atoms with Crippen molar-refractivity contribution in [2.75, 3.05) is 7.05 Å². The average Bonchev–Trinajstić information content (AvgIpc) is 2.54. The smallest absolute Gasteiger partial charge is 0.273 e. The molecule has 0 aromatic heterocycles. The highest BCUT2D eigenvalue weighted by Crippen LogP contribution is 2.34. The van der Waals surface area contributed by atoms with Crippen molar-refractivity contribution in [2.24, 2.45) is 0 Å². The van der Waals surface area contributed by atoms with Crippen molar-refractivity contribution < 1.29 is 4.92 Å². The number of fused-ring (bicyclic) bond motifs is 1. The Hall–Kier alpha value is -2.20. The van der Waals surface area contributed by atoms with Gasteiger partial charge in [0.05, 0.1) is 4.92 Å². The summed E-state index contributed by atoms with van der Waals surface area (Å²) in [5.74, 6) is 0. The van der Waals surface area contributed by atoms with Crippen molar-refractivity contribution in [1.29, 1.82) is 0 Å². The fraction of sp³-hybridized carbons (Fsp3) is 0.333. The molecule has 1 unspecified atom stereocenters. The molecule has 0 N–H and O–H groups in total. The highest BCUT2D eigenvalue weighted by molar-refractivity contribution is 5.40. The zero-order valence-electron chi connectivity index (χ0n) is 12.7. The van der Waals surface area contributed by atoms with Crippen LogP contribution in [0.2, 0.25) is 0 Å². The van der Waals surface area contributed by atoms with Crippen LogP contribution in [0.25, 0.3) is 0 Å². The van der Waals surface area contributed by atoms with Crippen LogP contribution < -0.4 is 0 Å². The van der Waals surface area contributed by atoms with Crippen molar-refractivity contribution in [3.05, 3.63) is 75.3 Å². The summed E-state index contributed by atoms with van der Waals surface area (Å²) in [6.45, 7) is 0.593. The van der Waals surface area contributed by atoms with E-state index in [1.165, 1.54) is 17.5 Å². The zero-order valence-corrected chi connectivity index (χ0v) is 12.7. The Morgan fingerprint density at radius 2 is 1.91 bits per heavy atom. The first-order chi connectivity index (χ1) is 10.7. The predicted molar refractivity (Wildman–Crippen MR) is 86.7 cm³/mol. The number of benzene rings is 2. The van der Waals surface area contributed by atoms with Gasteiger partial charge in [-0.25, -0.2) is 0 Å². The summed E-state index contributed by atoms with van der Waals surface area (Å²) >= 11 is 0. The SMILES string of the molecule is CN(Cc1ccccc1[N+](=O)[O-])C1CCCc2ccccc21. The third-order valence-electron chi connectivity index (χ3n) is 4.48. The van der Waals surface area contributed by atoms with Crippen molar-refractivity contribution in [3.8, 4) is 0 Å². The van der Waals surface area contributed by atoms with E-state index in [4.69, 9.17) is 0 Å². The van der Waals surface area contributed by atoms with Crippen LogP contribution in [0.15, 0.2) is 48.5 Å². The Labute approximate surface area is 130 Å². The van der Waals surface area contributed by atoms with E-state index >= 15 is 0 Å². The quantitative estimate of drug-likeness (QED) is 0.630. The number of nitro groups is 1. The number of hydrogen-bond donors (Lipinski definition) is 0. The molecule has 0 saturated carbocycles. The molecule has 0 heterocycles. The molecule has 4 nitrogen and oxygen atoms in total. The lowest BCUT2D eigenvalue weighted by Crippen LogP contribution is -2.27. The number of nitrogens with zero attached hydrogens (tertiary/aromatic N) is 2. The molecule has 0 spiro atoms. The van der Waals surface area contributed by atoms with Crippen LogP contribution in [-0.2, 0) is 13.0 Å². The molecule has 3 rings (SSSR count). The van der Waals surface area contributed by atoms with Crippen LogP contribution >= 0.6 is 0 Å². The van der Waals surface area contributed by atoms with Crippen LogP contribution in [0.5, 0.6) is 0 Å². The van der Waals surface area contributed by atoms with E-state index < -0.39 is 0 Å². The molecule has 4 heteroatoms. The largest absolute Gasteiger partial charge is 0.295 e. The lowest BCUT2D eigenvalue weighted by atomic mass is 9.87. The molecule has 0 aliphatic heterocycles. The van der Waals surface area contributed by atoms with Crippen LogP contribution in [0, 0.1) is 10.1 Å². The number of rotatable bonds is 4. The number of aryl methyl sites for hydroxylation is 1. The molecular formula is C18H20N2O2. The van der Waals surface area contributed by atoms with Crippen LogP contribution in [0.3, 0.4) is 0 Å². The average molecular weight is 296 g/mol. The van der Waals surface area contributed by atoms with Crippen molar-refractivity contribution in [1.82, 2.24) is 4.90 Å². The van der Waals surface area contributed by atoms with E-state index in [1.807, 2.05) is 12.1 Å². The summed E-state index contributed by atoms with van der Waals surface area (Å²) in [7, 11) is 2.06. The molecule has 2 aromatic carbocycles. The summed E-state index contributed by atoms with van der Waals surface area (Å²) in [6.07, 6.45) is 3.41. The van der Waals surface area contributed by atoms with Crippen LogP contribution in [0.1, 0.15) is 35.6 Å². The Morgan fingerprint density at radius 1 is 1.18 bits per heavy atom. The van der Waals surface area contributed by atoms with E-state index in [9.17, 15) is 10.1 Å². The van der Waals surface area contributed by atoms with E-state index in [0.29, 0.717) is 12.6 Å². The molecule has 1 atom stereocenters. The van der Waals surface area contributed by atoms with Gasteiger partial charge in [-0.05, 0) is 37.4 Å². The topological polar surface area (TPSA) is 46.4 Å². The third-order valence-corrected chi connectivity index (χ3v) is 4.48. The first kappa shape index (κ1) is 14.7. The van der Waals surface area contributed by atoms with Gasteiger partial charge in [-0.15, -0.1) is 0 Å². The van der Waals surface area contributed by atoms with Gasteiger partial charge in [0.1, 0.15) is 0 Å². The molecule has 0 saturated heterocycles. The fourth-order valence-electron chi connectivity index (χ4n) is 3.39. The Bertz CT molecular complexity index is 684. The second-order valence-electron chi connectivity index (χ2n) is 5.91. The normalized spacial score (nSPS) is 17.3. The first-order valence-corrected chi connectivity index (χ1v) is 7.67. The Morgan fingerprint density at radius 3 is 2.73 bits per heavy atom. The summed E-state index contributed by atoms with van der Waals surface area (Å²) in [5.41, 5.74) is 3.76. The molecule has 1 aliphatic carbocycles. The molecule has 0 bridgehead atoms. The van der Waals surface area contributed by atoms with Gasteiger partial charge in [-0.2, -0.15) is 0 Å². The minimum absolute atomic E-state index is 0.207. The Balaban J connectivity index is 1.84. The van der Waals surface area contributed by atoms with Gasteiger partial charge >= 0.3 is 0 Å². The Kier molecular flexibility index (Phi) is 4.20. The maximum atomic E-state index is 11.2. The summed E-state index contributed by atoms with van der Waals surface area (Å²) in [5, 5.41) is 11.2. The maximum absolute atomic E-state index is 11.2. The lowest BCUT2D eigenvalue weighted by Gasteiger charge is -2.33. The standard InChI is InChI=1S/C18H20N2O2/c1-19(13-15-8-3-5-11-17(15)20(21)22)18-12-6-9-14-7-2-4-10-16(14)18/h2-5,7-8,10-11,18H,6,9,12-13H2,1H3. The predicted octanol–water partition coefficient (Wildman–Crippen LogP) is 4.10. The van der Waals surface area contributed by atoms with Crippen molar-refractivity contribution in [2.45, 2.75) is 31.8 Å². The molecule has 0 amide bonds. The van der Waals surface area contributed by atoms with Crippen LogP contribution in [0.4, 0.5) is 5.69 Å². The third kappa shape index (κ3) is 2.88. The second kappa shape index (κ2) is 6.28. The van der Waals surface area contributed by atoms with Gasteiger partial charge in [0.2, 0.25) is 0 Å². The monoisotopic (exact) mass is 296 g/mol. The zero-order chi connectivity index (χ0) is 15.5. The number of nitro benzene ring substituents is 1. The molecule has 22 heavy (non-hydrogen) atoms. The van der Waals surface area contributed by atoms with Crippen molar-refractivity contribution in [3.63, 3.8) is 0 Å². The van der Waals surface area contributed by atoms with E-state index in [-0.39, 0.29) is 10.6 Å². The van der Waals surface area contributed by atoms with E-state index in [0.717, 1.165) is 18.4 Å². The van der Waals surface area contributed by atoms with Gasteiger partial charge in [-0.3, -0.25) is 15.0 Å². The highest BCUT2D eigenvalue weighted by Gasteiger charge is 2.25. The molecule has 1 aliphatic rings. The first-order valence-electron chi connectivity index (χ1n) is 7.67. The van der Waals surface area contributed by atoms with Crippen LogP contribution in [-0.4, -0.2) is 16.9 Å². The second-order valence-corrected chi connectivity index (χ2v) is 5.91. The van der Waals surface area contributed by atoms with Gasteiger partial charge in [-0.1, -0.05) is 42.5 Å². The van der Waals surface area contributed by atoms with Gasteiger partial charge < -0.3 is 0 Å². The summed E-state index contributed by atoms with van der Waals surface area (Å²) < 4.78 is 0. The molecule has 0 radical (unpaired) electrons. The van der Waals surface area contributed by atoms with E-state index in [2.05, 4.69) is 36.2 Å². The van der Waals surface area contributed by atoms with Gasteiger partial charge in [0, 0.05) is 24.2 Å². The van der Waals surface area contributed by atoms with Gasteiger partial charge in [0.25, 0.3) is 5.69 Å². The van der Waals surface area contributed by atoms with Gasteiger partial charge in [0.15, 0.2) is 0 Å². The fourth-order valence-corrected chi connectivity index (χ4v) is 3.39. The number of para-hydroxylation sites is 1.